The fourth-order valence-electron chi connectivity index (χ4n) is 5.94. The highest BCUT2D eigenvalue weighted by molar-refractivity contribution is 5.99. The van der Waals surface area contributed by atoms with Crippen LogP contribution in [0.15, 0.2) is 42.5 Å². The molecular weight excluding hydrogens is 540 g/mol. The number of rotatable bonds is 7. The molecule has 3 heterocycles. The van der Waals surface area contributed by atoms with E-state index in [2.05, 4.69) is 19.7 Å². The summed E-state index contributed by atoms with van der Waals surface area (Å²) in [6.07, 6.45) is -3.60. The van der Waals surface area contributed by atoms with Gasteiger partial charge < -0.3 is 18.9 Å². The molecule has 2 aromatic carbocycles. The van der Waals surface area contributed by atoms with Crippen molar-refractivity contribution in [2.24, 2.45) is 0 Å². The first kappa shape index (κ1) is 28.7. The summed E-state index contributed by atoms with van der Waals surface area (Å²) in [5, 5.41) is 11.0. The van der Waals surface area contributed by atoms with E-state index in [1.165, 1.54) is 12.1 Å². The molecule has 1 aliphatic heterocycles. The van der Waals surface area contributed by atoms with Crippen molar-refractivity contribution in [1.82, 2.24) is 14.8 Å². The SMILES string of the molecule is CCc1nnc(N2CCC(OF)(c3cccc(C(F)(F)F)c3)CC2)c2c(C)n(-c3ccc(OC)cc3OC)c(C)c12. The van der Waals surface area contributed by atoms with Gasteiger partial charge in [0, 0.05) is 54.2 Å². The van der Waals surface area contributed by atoms with Crippen molar-refractivity contribution >= 4 is 16.6 Å². The average Bonchev–Trinajstić information content (AvgIpc) is 3.25. The number of ether oxygens (including phenoxy) is 2. The van der Waals surface area contributed by atoms with E-state index in [4.69, 9.17) is 9.47 Å². The summed E-state index contributed by atoms with van der Waals surface area (Å²) in [7, 11) is 3.20. The predicted molar refractivity (Wildman–Crippen MR) is 148 cm³/mol. The molecule has 1 saturated heterocycles. The van der Waals surface area contributed by atoms with Gasteiger partial charge in [-0.3, -0.25) is 0 Å². The third-order valence-corrected chi connectivity index (χ3v) is 8.12. The number of piperidine rings is 1. The van der Waals surface area contributed by atoms with Crippen molar-refractivity contribution in [2.45, 2.75) is 51.8 Å². The van der Waals surface area contributed by atoms with Crippen LogP contribution in [0.1, 0.15) is 48.0 Å². The zero-order chi connectivity index (χ0) is 29.5. The minimum atomic E-state index is -4.54. The van der Waals surface area contributed by atoms with Crippen LogP contribution in [0.2, 0.25) is 0 Å². The highest BCUT2D eigenvalue weighted by Gasteiger charge is 2.41. The third kappa shape index (κ3) is 4.86. The van der Waals surface area contributed by atoms with Crippen LogP contribution in [0.3, 0.4) is 0 Å². The summed E-state index contributed by atoms with van der Waals surface area (Å²) in [4.78, 5) is 6.43. The molecule has 5 rings (SSSR count). The second kappa shape index (κ2) is 10.8. The molecule has 2 aromatic heterocycles. The number of fused-ring (bicyclic) bond motifs is 1. The molecule has 4 aromatic rings. The Balaban J connectivity index is 1.56. The monoisotopic (exact) mass is 572 g/mol. The summed E-state index contributed by atoms with van der Waals surface area (Å²) in [5.74, 6) is 1.95. The van der Waals surface area contributed by atoms with E-state index in [9.17, 15) is 17.7 Å². The Morgan fingerprint density at radius 3 is 2.24 bits per heavy atom. The van der Waals surface area contributed by atoms with Crippen molar-refractivity contribution < 1.29 is 32.1 Å². The lowest BCUT2D eigenvalue weighted by Crippen LogP contribution is -2.43. The van der Waals surface area contributed by atoms with E-state index >= 15 is 0 Å². The molecule has 0 unspecified atom stereocenters. The van der Waals surface area contributed by atoms with Crippen molar-refractivity contribution in [1.29, 1.82) is 0 Å². The van der Waals surface area contributed by atoms with Gasteiger partial charge in [0.05, 0.1) is 31.2 Å². The summed E-state index contributed by atoms with van der Waals surface area (Å²) in [6.45, 7) is 6.67. The minimum absolute atomic E-state index is 0.133. The first-order valence-corrected chi connectivity index (χ1v) is 13.4. The Kier molecular flexibility index (Phi) is 7.58. The maximum Gasteiger partial charge on any atom is 0.416 e. The van der Waals surface area contributed by atoms with Crippen LogP contribution >= 0.6 is 0 Å². The second-order valence-corrected chi connectivity index (χ2v) is 10.3. The van der Waals surface area contributed by atoms with Crippen LogP contribution in [0, 0.1) is 13.8 Å². The third-order valence-electron chi connectivity index (χ3n) is 8.12. The first-order valence-electron chi connectivity index (χ1n) is 13.4. The summed E-state index contributed by atoms with van der Waals surface area (Å²) >= 11 is 0. The topological polar surface area (TPSA) is 61.6 Å². The van der Waals surface area contributed by atoms with Crippen LogP contribution < -0.4 is 14.4 Å². The van der Waals surface area contributed by atoms with Gasteiger partial charge in [0.1, 0.15) is 17.1 Å². The Bertz CT molecular complexity index is 1580. The number of methoxy groups -OCH3 is 2. The number of benzene rings is 2. The highest BCUT2D eigenvalue weighted by Crippen LogP contribution is 2.43. The fourth-order valence-corrected chi connectivity index (χ4v) is 5.94. The van der Waals surface area contributed by atoms with E-state index in [1.54, 1.807) is 14.2 Å². The van der Waals surface area contributed by atoms with Crippen LogP contribution in [0.5, 0.6) is 11.5 Å². The number of nitrogens with zero attached hydrogens (tertiary/aromatic N) is 4. The van der Waals surface area contributed by atoms with Gasteiger partial charge >= 0.3 is 6.18 Å². The van der Waals surface area contributed by atoms with Gasteiger partial charge in [0.15, 0.2) is 5.82 Å². The van der Waals surface area contributed by atoms with E-state index in [0.29, 0.717) is 36.8 Å². The van der Waals surface area contributed by atoms with Crippen molar-refractivity contribution in [3.8, 4) is 17.2 Å². The Morgan fingerprint density at radius 1 is 0.927 bits per heavy atom. The minimum Gasteiger partial charge on any atom is -0.497 e. The molecular formula is C30H32F4N4O3. The fraction of sp³-hybridized carbons (Fsp3) is 0.400. The average molecular weight is 573 g/mol. The normalized spacial score (nSPS) is 15.4. The van der Waals surface area contributed by atoms with Gasteiger partial charge in [0.25, 0.3) is 0 Å². The van der Waals surface area contributed by atoms with Crippen LogP contribution in [-0.4, -0.2) is 42.1 Å². The molecule has 218 valence electrons. The first-order chi connectivity index (χ1) is 19.6. The Hall–Kier alpha value is -3.86. The second-order valence-electron chi connectivity index (χ2n) is 10.3. The van der Waals surface area contributed by atoms with E-state index in [1.807, 2.05) is 43.9 Å². The lowest BCUT2D eigenvalue weighted by Gasteiger charge is -2.39. The van der Waals surface area contributed by atoms with E-state index in [0.717, 1.165) is 45.7 Å². The maximum absolute atomic E-state index is 14.1. The van der Waals surface area contributed by atoms with Gasteiger partial charge in [-0.15, -0.1) is 5.10 Å². The number of anilines is 1. The molecule has 7 nitrogen and oxygen atoms in total. The lowest BCUT2D eigenvalue weighted by molar-refractivity contribution is -0.250. The van der Waals surface area contributed by atoms with Gasteiger partial charge in [-0.1, -0.05) is 19.1 Å². The molecule has 0 atom stereocenters. The van der Waals surface area contributed by atoms with Gasteiger partial charge in [-0.05, 0) is 54.6 Å². The summed E-state index contributed by atoms with van der Waals surface area (Å²) in [5.41, 5.74) is 1.42. The number of aromatic nitrogens is 3. The molecule has 1 fully saturated rings. The lowest BCUT2D eigenvalue weighted by atomic mass is 9.83. The smallest absolute Gasteiger partial charge is 0.416 e. The zero-order valence-electron chi connectivity index (χ0n) is 23.6. The molecule has 0 amide bonds. The van der Waals surface area contributed by atoms with Gasteiger partial charge in [-0.2, -0.15) is 23.2 Å². The molecule has 0 saturated carbocycles. The standard InChI is InChI=1S/C30H32F4N4O3/c1-6-23-26-18(2)38(24-11-10-22(39-4)17-25(24)40-5)19(3)27(26)28(36-35-23)37-14-12-29(41-34,13-15-37)20-8-7-9-21(16-20)30(31,32)33/h7-11,16-17H,6,12-15H2,1-5H3. The highest BCUT2D eigenvalue weighted by atomic mass is 19.4. The Labute approximate surface area is 235 Å². The maximum atomic E-state index is 14.1. The predicted octanol–water partition coefficient (Wildman–Crippen LogP) is 7.03. The number of halogens is 4. The molecule has 0 radical (unpaired) electrons. The number of aryl methyl sites for hydroxylation is 3. The molecule has 0 bridgehead atoms. The van der Waals surface area contributed by atoms with Crippen LogP contribution in [-0.2, 0) is 23.1 Å². The quantitative estimate of drug-likeness (QED) is 0.222. The molecule has 11 heteroatoms. The number of alkyl halides is 3. The zero-order valence-corrected chi connectivity index (χ0v) is 23.6. The number of hydrogen-bond acceptors (Lipinski definition) is 6. The number of hydrogen-bond donors (Lipinski definition) is 0. The van der Waals surface area contributed by atoms with Crippen LogP contribution in [0.4, 0.5) is 23.5 Å². The summed E-state index contributed by atoms with van der Waals surface area (Å²) in [6, 6.07) is 10.3. The Morgan fingerprint density at radius 2 is 1.63 bits per heavy atom. The van der Waals surface area contributed by atoms with Gasteiger partial charge in [0.2, 0.25) is 0 Å². The molecule has 1 aliphatic rings. The molecule has 41 heavy (non-hydrogen) atoms. The van der Waals surface area contributed by atoms with Crippen molar-refractivity contribution in [3.63, 3.8) is 0 Å². The molecule has 0 aliphatic carbocycles. The van der Waals surface area contributed by atoms with E-state index in [-0.39, 0.29) is 18.4 Å². The molecule has 0 N–H and O–H groups in total. The van der Waals surface area contributed by atoms with Crippen molar-refractivity contribution in [3.05, 3.63) is 70.7 Å². The van der Waals surface area contributed by atoms with Crippen LogP contribution in [0.25, 0.3) is 16.5 Å². The van der Waals surface area contributed by atoms with E-state index < -0.39 is 17.3 Å². The summed E-state index contributed by atoms with van der Waals surface area (Å²) < 4.78 is 67.4. The largest absolute Gasteiger partial charge is 0.497 e. The molecule has 0 spiro atoms. The van der Waals surface area contributed by atoms with Gasteiger partial charge in [-0.25, -0.2) is 0 Å². The van der Waals surface area contributed by atoms with Crippen molar-refractivity contribution in [2.75, 3.05) is 32.2 Å².